The standard InChI is InChI=1S/C11H12FN5/c12-9-1-2-11(13-7-9)16-5-3-10(8-16)17-6-4-14-15-17/h1-2,4,6-7,10H,3,5,8H2. The zero-order chi connectivity index (χ0) is 11.7. The quantitative estimate of drug-likeness (QED) is 0.783. The molecule has 0 radical (unpaired) electrons. The highest BCUT2D eigenvalue weighted by Gasteiger charge is 2.25. The van der Waals surface area contributed by atoms with Gasteiger partial charge >= 0.3 is 0 Å². The molecule has 0 aliphatic carbocycles. The van der Waals surface area contributed by atoms with Crippen molar-refractivity contribution in [2.24, 2.45) is 0 Å². The smallest absolute Gasteiger partial charge is 0.141 e. The summed E-state index contributed by atoms with van der Waals surface area (Å²) in [5.74, 6) is 0.509. The maximum absolute atomic E-state index is 12.8. The van der Waals surface area contributed by atoms with Crippen LogP contribution >= 0.6 is 0 Å². The van der Waals surface area contributed by atoms with Gasteiger partial charge in [0.1, 0.15) is 11.6 Å². The predicted octanol–water partition coefficient (Wildman–Crippen LogP) is 1.26. The van der Waals surface area contributed by atoms with Gasteiger partial charge in [0.15, 0.2) is 0 Å². The summed E-state index contributed by atoms with van der Waals surface area (Å²) < 4.78 is 14.6. The Morgan fingerprint density at radius 3 is 3.00 bits per heavy atom. The molecule has 1 fully saturated rings. The highest BCUT2D eigenvalue weighted by atomic mass is 19.1. The molecule has 3 rings (SSSR count). The predicted molar refractivity (Wildman–Crippen MR) is 60.1 cm³/mol. The fourth-order valence-electron chi connectivity index (χ4n) is 2.13. The Labute approximate surface area is 97.9 Å². The van der Waals surface area contributed by atoms with Crippen LogP contribution < -0.4 is 4.90 Å². The Balaban J connectivity index is 1.74. The summed E-state index contributed by atoms with van der Waals surface area (Å²) in [6.07, 6.45) is 5.80. The number of rotatable bonds is 2. The molecule has 0 amide bonds. The van der Waals surface area contributed by atoms with E-state index < -0.39 is 0 Å². The maximum atomic E-state index is 12.8. The summed E-state index contributed by atoms with van der Waals surface area (Å²) in [4.78, 5) is 6.21. The number of anilines is 1. The largest absolute Gasteiger partial charge is 0.354 e. The van der Waals surface area contributed by atoms with Crippen molar-refractivity contribution in [3.8, 4) is 0 Å². The third kappa shape index (κ3) is 1.98. The van der Waals surface area contributed by atoms with Crippen LogP contribution in [0, 0.1) is 5.82 Å². The van der Waals surface area contributed by atoms with Gasteiger partial charge in [-0.15, -0.1) is 5.10 Å². The number of pyridine rings is 1. The number of nitrogens with zero attached hydrogens (tertiary/aromatic N) is 5. The van der Waals surface area contributed by atoms with Crippen LogP contribution in [0.2, 0.25) is 0 Å². The van der Waals surface area contributed by atoms with Gasteiger partial charge in [0, 0.05) is 19.3 Å². The van der Waals surface area contributed by atoms with Gasteiger partial charge in [-0.25, -0.2) is 14.1 Å². The molecule has 17 heavy (non-hydrogen) atoms. The Hall–Kier alpha value is -1.98. The maximum Gasteiger partial charge on any atom is 0.141 e. The first kappa shape index (κ1) is 10.2. The van der Waals surface area contributed by atoms with E-state index in [0.717, 1.165) is 25.3 Å². The molecule has 3 heterocycles. The average Bonchev–Trinajstić information content (AvgIpc) is 3.00. The van der Waals surface area contributed by atoms with Gasteiger partial charge in [-0.1, -0.05) is 5.21 Å². The third-order valence-electron chi connectivity index (χ3n) is 3.01. The van der Waals surface area contributed by atoms with E-state index in [2.05, 4.69) is 20.2 Å². The lowest BCUT2D eigenvalue weighted by Gasteiger charge is -2.17. The first-order valence-electron chi connectivity index (χ1n) is 5.55. The summed E-state index contributed by atoms with van der Waals surface area (Å²) in [7, 11) is 0. The summed E-state index contributed by atoms with van der Waals surface area (Å²) in [5.41, 5.74) is 0. The molecule has 88 valence electrons. The van der Waals surface area contributed by atoms with Gasteiger partial charge in [0.05, 0.1) is 18.4 Å². The average molecular weight is 233 g/mol. The lowest BCUT2D eigenvalue weighted by atomic mass is 10.3. The molecule has 5 nitrogen and oxygen atoms in total. The topological polar surface area (TPSA) is 46.8 Å². The van der Waals surface area contributed by atoms with Gasteiger partial charge in [0.2, 0.25) is 0 Å². The number of hydrogen-bond acceptors (Lipinski definition) is 4. The van der Waals surface area contributed by atoms with Gasteiger partial charge in [-0.05, 0) is 18.6 Å². The molecule has 0 spiro atoms. The van der Waals surface area contributed by atoms with E-state index in [1.54, 1.807) is 12.3 Å². The molecular formula is C11H12FN5. The van der Waals surface area contributed by atoms with Crippen molar-refractivity contribution in [1.82, 2.24) is 20.0 Å². The number of hydrogen-bond donors (Lipinski definition) is 0. The second-order valence-corrected chi connectivity index (χ2v) is 4.11. The zero-order valence-electron chi connectivity index (χ0n) is 9.20. The van der Waals surface area contributed by atoms with Crippen molar-refractivity contribution in [1.29, 1.82) is 0 Å². The van der Waals surface area contributed by atoms with Crippen molar-refractivity contribution >= 4 is 5.82 Å². The fourth-order valence-corrected chi connectivity index (χ4v) is 2.13. The lowest BCUT2D eigenvalue weighted by molar-refractivity contribution is 0.479. The Bertz CT molecular complexity index is 481. The molecule has 1 aliphatic heterocycles. The van der Waals surface area contributed by atoms with Crippen LogP contribution in [0.3, 0.4) is 0 Å². The molecule has 1 atom stereocenters. The molecule has 1 unspecified atom stereocenters. The number of aromatic nitrogens is 4. The zero-order valence-corrected chi connectivity index (χ0v) is 9.20. The van der Waals surface area contributed by atoms with Crippen molar-refractivity contribution < 1.29 is 4.39 Å². The summed E-state index contributed by atoms with van der Waals surface area (Å²) in [6, 6.07) is 3.47. The molecule has 1 aliphatic rings. The molecule has 6 heteroatoms. The van der Waals surface area contributed by atoms with Crippen molar-refractivity contribution in [2.75, 3.05) is 18.0 Å². The van der Waals surface area contributed by atoms with Crippen LogP contribution in [0.4, 0.5) is 10.2 Å². The molecule has 2 aromatic heterocycles. The van der Waals surface area contributed by atoms with Crippen molar-refractivity contribution in [2.45, 2.75) is 12.5 Å². The summed E-state index contributed by atoms with van der Waals surface area (Å²) in [6.45, 7) is 1.74. The van der Waals surface area contributed by atoms with Gasteiger partial charge in [-0.2, -0.15) is 0 Å². The Morgan fingerprint density at radius 2 is 2.29 bits per heavy atom. The summed E-state index contributed by atoms with van der Waals surface area (Å²) in [5, 5.41) is 7.81. The molecule has 0 N–H and O–H groups in total. The van der Waals surface area contributed by atoms with Crippen LogP contribution in [0.5, 0.6) is 0 Å². The molecule has 0 saturated carbocycles. The normalized spacial score (nSPS) is 19.8. The van der Waals surface area contributed by atoms with Gasteiger partial charge in [-0.3, -0.25) is 0 Å². The highest BCUT2D eigenvalue weighted by Crippen LogP contribution is 2.24. The van der Waals surface area contributed by atoms with Crippen molar-refractivity contribution in [3.05, 3.63) is 36.5 Å². The van der Waals surface area contributed by atoms with E-state index in [9.17, 15) is 4.39 Å². The third-order valence-corrected chi connectivity index (χ3v) is 3.01. The van der Waals surface area contributed by atoms with E-state index in [0.29, 0.717) is 6.04 Å². The first-order valence-corrected chi connectivity index (χ1v) is 5.55. The highest BCUT2D eigenvalue weighted by molar-refractivity contribution is 5.39. The van der Waals surface area contributed by atoms with E-state index in [4.69, 9.17) is 0 Å². The monoisotopic (exact) mass is 233 g/mol. The minimum atomic E-state index is -0.305. The molecular weight excluding hydrogens is 221 g/mol. The van der Waals surface area contributed by atoms with Crippen LogP contribution in [-0.2, 0) is 0 Å². The van der Waals surface area contributed by atoms with E-state index in [1.807, 2.05) is 10.9 Å². The van der Waals surface area contributed by atoms with Crippen LogP contribution in [0.15, 0.2) is 30.7 Å². The minimum Gasteiger partial charge on any atom is -0.354 e. The molecule has 1 saturated heterocycles. The number of halogens is 1. The Kier molecular flexibility index (Phi) is 2.47. The molecule has 2 aromatic rings. The second kappa shape index (κ2) is 4.12. The SMILES string of the molecule is Fc1ccc(N2CCC(n3ccnn3)C2)nc1. The Morgan fingerprint density at radius 1 is 1.35 bits per heavy atom. The fraction of sp³-hybridized carbons (Fsp3) is 0.364. The lowest BCUT2D eigenvalue weighted by Crippen LogP contribution is -2.22. The molecule has 0 aromatic carbocycles. The second-order valence-electron chi connectivity index (χ2n) is 4.11. The summed E-state index contributed by atoms with van der Waals surface area (Å²) >= 11 is 0. The van der Waals surface area contributed by atoms with E-state index >= 15 is 0 Å². The molecule has 0 bridgehead atoms. The van der Waals surface area contributed by atoms with Gasteiger partial charge in [0.25, 0.3) is 0 Å². The van der Waals surface area contributed by atoms with Crippen LogP contribution in [0.1, 0.15) is 12.5 Å². The van der Waals surface area contributed by atoms with Crippen molar-refractivity contribution in [3.63, 3.8) is 0 Å². The van der Waals surface area contributed by atoms with E-state index in [-0.39, 0.29) is 5.82 Å². The van der Waals surface area contributed by atoms with Gasteiger partial charge < -0.3 is 4.90 Å². The van der Waals surface area contributed by atoms with E-state index in [1.165, 1.54) is 12.3 Å². The van der Waals surface area contributed by atoms with Crippen LogP contribution in [0.25, 0.3) is 0 Å². The van der Waals surface area contributed by atoms with Crippen LogP contribution in [-0.4, -0.2) is 33.1 Å². The minimum absolute atomic E-state index is 0.305. The first-order chi connectivity index (χ1) is 8.33.